The van der Waals surface area contributed by atoms with Gasteiger partial charge in [0.25, 0.3) is 11.5 Å². The van der Waals surface area contributed by atoms with Crippen LogP contribution in [0.4, 0.5) is 5.95 Å². The van der Waals surface area contributed by atoms with E-state index in [4.69, 9.17) is 4.74 Å². The maximum Gasteiger partial charge on any atom is 0.263 e. The smallest absolute Gasteiger partial charge is 0.263 e. The first-order valence-electron chi connectivity index (χ1n) is 9.87. The summed E-state index contributed by atoms with van der Waals surface area (Å²) >= 11 is 0. The maximum atomic E-state index is 12.8. The summed E-state index contributed by atoms with van der Waals surface area (Å²) in [5, 5.41) is 7.35. The van der Waals surface area contributed by atoms with Crippen molar-refractivity contribution in [3.63, 3.8) is 0 Å². The molecule has 2 aromatic heterocycles. The van der Waals surface area contributed by atoms with E-state index in [1.165, 1.54) is 6.20 Å². The predicted octanol–water partition coefficient (Wildman–Crippen LogP) is -1.01. The Morgan fingerprint density at radius 3 is 2.90 bits per heavy atom. The van der Waals surface area contributed by atoms with Crippen LogP contribution in [0.1, 0.15) is 19.3 Å². The van der Waals surface area contributed by atoms with Crippen LogP contribution in [0.2, 0.25) is 0 Å². The van der Waals surface area contributed by atoms with Crippen molar-refractivity contribution in [3.8, 4) is 0 Å². The predicted molar refractivity (Wildman–Crippen MR) is 105 cm³/mol. The standard InChI is InChI=1S/C18H25N7O4/c1-23-15-12(11-20-23)16(27)22-18(21-15)25-7-5-19-14(26)4-6-24(8-9-25)17(28)13-3-2-10-29-13/h11,13H,2-10H2,1H3,(H,19,26)(H,21,22,27)/t13-/m0/s1. The van der Waals surface area contributed by atoms with Crippen LogP contribution in [0.5, 0.6) is 0 Å². The summed E-state index contributed by atoms with van der Waals surface area (Å²) in [5.74, 6) is 0.199. The van der Waals surface area contributed by atoms with Gasteiger partial charge in [-0.2, -0.15) is 10.1 Å². The van der Waals surface area contributed by atoms with Gasteiger partial charge in [-0.15, -0.1) is 0 Å². The van der Waals surface area contributed by atoms with E-state index in [0.29, 0.717) is 62.7 Å². The lowest BCUT2D eigenvalue weighted by molar-refractivity contribution is -0.141. The Kier molecular flexibility index (Phi) is 5.47. The van der Waals surface area contributed by atoms with E-state index in [9.17, 15) is 14.4 Å². The molecular weight excluding hydrogens is 378 g/mol. The number of carbonyl (C=O) groups excluding carboxylic acids is 2. The van der Waals surface area contributed by atoms with Crippen molar-refractivity contribution in [2.75, 3.05) is 44.2 Å². The van der Waals surface area contributed by atoms with Crippen molar-refractivity contribution in [1.82, 2.24) is 30.0 Å². The molecular formula is C18H25N7O4. The van der Waals surface area contributed by atoms with Crippen molar-refractivity contribution in [1.29, 1.82) is 0 Å². The summed E-state index contributed by atoms with van der Waals surface area (Å²) < 4.78 is 7.07. The highest BCUT2D eigenvalue weighted by molar-refractivity contribution is 5.82. The van der Waals surface area contributed by atoms with Crippen molar-refractivity contribution < 1.29 is 14.3 Å². The molecule has 2 aromatic rings. The molecule has 11 nitrogen and oxygen atoms in total. The van der Waals surface area contributed by atoms with Gasteiger partial charge in [-0.1, -0.05) is 0 Å². The zero-order chi connectivity index (χ0) is 20.4. The molecule has 0 spiro atoms. The highest BCUT2D eigenvalue weighted by Gasteiger charge is 2.29. The van der Waals surface area contributed by atoms with Crippen molar-refractivity contribution >= 4 is 28.8 Å². The molecule has 2 aliphatic heterocycles. The molecule has 0 bridgehead atoms. The Morgan fingerprint density at radius 1 is 1.24 bits per heavy atom. The number of carbonyl (C=O) groups is 2. The number of anilines is 1. The number of nitrogens with zero attached hydrogens (tertiary/aromatic N) is 5. The van der Waals surface area contributed by atoms with Crippen LogP contribution < -0.4 is 15.8 Å². The Morgan fingerprint density at radius 2 is 2.10 bits per heavy atom. The van der Waals surface area contributed by atoms with Gasteiger partial charge in [-0.05, 0) is 12.8 Å². The van der Waals surface area contributed by atoms with E-state index in [-0.39, 0.29) is 23.8 Å². The minimum absolute atomic E-state index is 0.0839. The number of H-pyrrole nitrogens is 1. The van der Waals surface area contributed by atoms with Gasteiger partial charge in [0.05, 0.1) is 6.20 Å². The van der Waals surface area contributed by atoms with Gasteiger partial charge in [-0.25, -0.2) is 0 Å². The number of rotatable bonds is 2. The molecule has 11 heteroatoms. The normalized spacial score (nSPS) is 21.4. The number of fused-ring (bicyclic) bond motifs is 1. The van der Waals surface area contributed by atoms with Crippen LogP contribution >= 0.6 is 0 Å². The van der Waals surface area contributed by atoms with Crippen LogP contribution in [0.3, 0.4) is 0 Å². The van der Waals surface area contributed by atoms with E-state index in [1.54, 1.807) is 16.6 Å². The Bertz CT molecular complexity index is 963. The average Bonchev–Trinajstić information content (AvgIpc) is 3.37. The molecule has 4 heterocycles. The first-order valence-corrected chi connectivity index (χ1v) is 9.87. The van der Waals surface area contributed by atoms with Crippen LogP contribution in [-0.4, -0.2) is 81.9 Å². The van der Waals surface area contributed by atoms with Crippen molar-refractivity contribution in [2.24, 2.45) is 7.05 Å². The largest absolute Gasteiger partial charge is 0.368 e. The fourth-order valence-electron chi connectivity index (χ4n) is 3.70. The number of aromatic amines is 1. The zero-order valence-corrected chi connectivity index (χ0v) is 16.4. The SMILES string of the molecule is Cn1ncc2c(=O)[nH]c(N3CCNC(=O)CCN(C(=O)[C@@H]4CCCO4)CC3)nc21. The van der Waals surface area contributed by atoms with E-state index in [0.717, 1.165) is 6.42 Å². The van der Waals surface area contributed by atoms with Gasteiger partial charge in [-0.3, -0.25) is 24.0 Å². The molecule has 0 aromatic carbocycles. The van der Waals surface area contributed by atoms with Gasteiger partial charge in [0.15, 0.2) is 5.65 Å². The Labute approximate surface area is 167 Å². The van der Waals surface area contributed by atoms with E-state index in [2.05, 4.69) is 20.4 Å². The Balaban J connectivity index is 1.58. The number of ether oxygens (including phenoxy) is 1. The summed E-state index contributed by atoms with van der Waals surface area (Å²) in [6, 6.07) is 0. The highest BCUT2D eigenvalue weighted by Crippen LogP contribution is 2.16. The molecule has 2 amide bonds. The van der Waals surface area contributed by atoms with Crippen molar-refractivity contribution in [3.05, 3.63) is 16.6 Å². The fraction of sp³-hybridized carbons (Fsp3) is 0.611. The average molecular weight is 403 g/mol. The van der Waals surface area contributed by atoms with E-state index in [1.807, 2.05) is 4.90 Å². The molecule has 2 saturated heterocycles. The van der Waals surface area contributed by atoms with Gasteiger partial charge < -0.3 is 19.9 Å². The zero-order valence-electron chi connectivity index (χ0n) is 16.4. The molecule has 1 atom stereocenters. The first-order chi connectivity index (χ1) is 14.0. The fourth-order valence-corrected chi connectivity index (χ4v) is 3.70. The number of amides is 2. The summed E-state index contributed by atoms with van der Waals surface area (Å²) in [6.07, 6.45) is 2.88. The minimum atomic E-state index is -0.432. The van der Waals surface area contributed by atoms with Gasteiger partial charge in [0, 0.05) is 52.8 Å². The molecule has 2 fully saturated rings. The lowest BCUT2D eigenvalue weighted by Crippen LogP contribution is -2.48. The molecule has 2 N–H and O–H groups in total. The third-order valence-electron chi connectivity index (χ3n) is 5.36. The molecule has 2 aliphatic rings. The second kappa shape index (κ2) is 8.19. The quantitative estimate of drug-likeness (QED) is 0.658. The maximum absolute atomic E-state index is 12.8. The lowest BCUT2D eigenvalue weighted by atomic mass is 10.2. The van der Waals surface area contributed by atoms with Gasteiger partial charge in [0.1, 0.15) is 11.5 Å². The molecule has 4 rings (SSSR count). The minimum Gasteiger partial charge on any atom is -0.368 e. The van der Waals surface area contributed by atoms with Crippen LogP contribution in [0.15, 0.2) is 11.0 Å². The van der Waals surface area contributed by atoms with E-state index >= 15 is 0 Å². The summed E-state index contributed by atoms with van der Waals surface area (Å²) in [5.41, 5.74) is 0.212. The van der Waals surface area contributed by atoms with Crippen LogP contribution in [-0.2, 0) is 21.4 Å². The van der Waals surface area contributed by atoms with Crippen molar-refractivity contribution in [2.45, 2.75) is 25.4 Å². The molecule has 0 radical (unpaired) electrons. The number of aromatic nitrogens is 4. The summed E-state index contributed by atoms with van der Waals surface area (Å²) in [6.45, 7) is 2.70. The number of nitrogens with one attached hydrogen (secondary N) is 2. The molecule has 0 saturated carbocycles. The number of hydrogen-bond donors (Lipinski definition) is 2. The Hall–Kier alpha value is -2.95. The second-order valence-corrected chi connectivity index (χ2v) is 7.31. The monoisotopic (exact) mass is 403 g/mol. The van der Waals surface area contributed by atoms with Crippen LogP contribution in [0, 0.1) is 0 Å². The number of aryl methyl sites for hydroxylation is 1. The third kappa shape index (κ3) is 4.09. The molecule has 0 unspecified atom stereocenters. The van der Waals surface area contributed by atoms with Crippen LogP contribution in [0.25, 0.3) is 11.0 Å². The van der Waals surface area contributed by atoms with E-state index < -0.39 is 6.10 Å². The molecule has 156 valence electrons. The summed E-state index contributed by atoms with van der Waals surface area (Å²) in [4.78, 5) is 48.2. The third-order valence-corrected chi connectivity index (χ3v) is 5.36. The highest BCUT2D eigenvalue weighted by atomic mass is 16.5. The summed E-state index contributed by atoms with van der Waals surface area (Å²) in [7, 11) is 1.73. The molecule has 29 heavy (non-hydrogen) atoms. The number of hydrogen-bond acceptors (Lipinski definition) is 7. The van der Waals surface area contributed by atoms with Gasteiger partial charge >= 0.3 is 0 Å². The lowest BCUT2D eigenvalue weighted by Gasteiger charge is -2.30. The molecule has 0 aliphatic carbocycles. The topological polar surface area (TPSA) is 125 Å². The first kappa shape index (κ1) is 19.4. The second-order valence-electron chi connectivity index (χ2n) is 7.31. The van der Waals surface area contributed by atoms with Gasteiger partial charge in [0.2, 0.25) is 11.9 Å².